The molecule has 0 spiro atoms. The number of nitrogens with zero attached hydrogens (tertiary/aromatic N) is 2. The number of halogens is 1. The van der Waals surface area contributed by atoms with Crippen LogP contribution in [0.15, 0.2) is 47.5 Å². The van der Waals surface area contributed by atoms with Crippen molar-refractivity contribution >= 4 is 28.9 Å². The van der Waals surface area contributed by atoms with Crippen molar-refractivity contribution in [3.63, 3.8) is 0 Å². The molecule has 0 aromatic heterocycles. The van der Waals surface area contributed by atoms with Crippen LogP contribution in [0.25, 0.3) is 0 Å². The maximum atomic E-state index is 11.9. The average molecular weight is 384 g/mol. The molecule has 1 N–H and O–H groups in total. The maximum Gasteiger partial charge on any atom is 0.153 e. The van der Waals surface area contributed by atoms with Crippen LogP contribution < -0.4 is 10.1 Å². The summed E-state index contributed by atoms with van der Waals surface area (Å²) >= 11 is 6.28. The fourth-order valence-corrected chi connectivity index (χ4v) is 3.70. The number of para-hydroxylation sites is 2. The minimum Gasteiger partial charge on any atom is -0.454 e. The molecule has 2 heterocycles. The number of piperazine rings is 1. The summed E-state index contributed by atoms with van der Waals surface area (Å²) in [5.41, 5.74) is 1.66. The summed E-state index contributed by atoms with van der Waals surface area (Å²) in [6.07, 6.45) is 0. The molecule has 4 rings (SSSR count). The highest BCUT2D eigenvalue weighted by Crippen LogP contribution is 2.39. The number of rotatable bonds is 2. The third-order valence-corrected chi connectivity index (χ3v) is 5.48. The summed E-state index contributed by atoms with van der Waals surface area (Å²) in [5, 5.41) is 4.10. The van der Waals surface area contributed by atoms with Crippen LogP contribution in [0.3, 0.4) is 0 Å². The topological polar surface area (TPSA) is 53.9 Å². The van der Waals surface area contributed by atoms with Crippen molar-refractivity contribution in [2.75, 3.05) is 19.6 Å². The minimum absolute atomic E-state index is 0.0541. The van der Waals surface area contributed by atoms with Gasteiger partial charge in [-0.3, -0.25) is 4.79 Å². The van der Waals surface area contributed by atoms with E-state index in [1.54, 1.807) is 6.92 Å². The van der Waals surface area contributed by atoms with Crippen molar-refractivity contribution in [3.8, 4) is 11.5 Å². The number of amidine groups is 1. The predicted molar refractivity (Wildman–Crippen MR) is 107 cm³/mol. The van der Waals surface area contributed by atoms with Crippen molar-refractivity contribution in [3.05, 3.63) is 53.1 Å². The van der Waals surface area contributed by atoms with Crippen molar-refractivity contribution in [2.24, 2.45) is 10.9 Å². The largest absolute Gasteiger partial charge is 0.454 e. The van der Waals surface area contributed by atoms with Gasteiger partial charge >= 0.3 is 0 Å². The second kappa shape index (κ2) is 7.33. The molecule has 2 atom stereocenters. The van der Waals surface area contributed by atoms with Crippen molar-refractivity contribution in [2.45, 2.75) is 19.9 Å². The number of Topliss-reactive ketones (excluding diaryl/α,β-unsaturated/α-hetero) is 1. The number of benzene rings is 2. The number of fused-ring (bicyclic) bond motifs is 2. The molecular formula is C21H22ClN3O2. The van der Waals surface area contributed by atoms with Gasteiger partial charge in [-0.15, -0.1) is 0 Å². The van der Waals surface area contributed by atoms with E-state index in [9.17, 15) is 4.79 Å². The van der Waals surface area contributed by atoms with Crippen LogP contribution in [-0.4, -0.2) is 42.2 Å². The van der Waals surface area contributed by atoms with Crippen LogP contribution in [0.1, 0.15) is 19.4 Å². The average Bonchev–Trinajstić information content (AvgIpc) is 2.84. The van der Waals surface area contributed by atoms with Gasteiger partial charge in [0.1, 0.15) is 23.1 Å². The summed E-state index contributed by atoms with van der Waals surface area (Å²) < 4.78 is 6.12. The van der Waals surface area contributed by atoms with E-state index in [1.807, 2.05) is 49.4 Å². The van der Waals surface area contributed by atoms with E-state index < -0.39 is 0 Å². The zero-order chi connectivity index (χ0) is 19.0. The second-order valence-corrected chi connectivity index (χ2v) is 7.49. The zero-order valence-electron chi connectivity index (χ0n) is 15.4. The number of carbonyl (C=O) groups excluding carboxylic acids is 1. The number of ketones is 1. The molecule has 0 amide bonds. The molecule has 0 saturated carbocycles. The molecule has 2 aliphatic heterocycles. The third-order valence-electron chi connectivity index (χ3n) is 5.24. The maximum absolute atomic E-state index is 11.9. The quantitative estimate of drug-likeness (QED) is 0.850. The molecule has 0 bridgehead atoms. The Kier molecular flexibility index (Phi) is 4.89. The number of hydrogen-bond donors (Lipinski definition) is 1. The number of carbonyl (C=O) groups is 1. The highest BCUT2D eigenvalue weighted by molar-refractivity contribution is 6.31. The van der Waals surface area contributed by atoms with E-state index in [0.29, 0.717) is 11.6 Å². The first-order valence-corrected chi connectivity index (χ1v) is 9.55. The van der Waals surface area contributed by atoms with Gasteiger partial charge in [0, 0.05) is 36.6 Å². The molecule has 1 fully saturated rings. The highest BCUT2D eigenvalue weighted by atomic mass is 35.5. The second-order valence-electron chi connectivity index (χ2n) is 7.05. The Morgan fingerprint density at radius 3 is 2.93 bits per heavy atom. The number of hydrogen-bond acceptors (Lipinski definition) is 5. The molecule has 140 valence electrons. The van der Waals surface area contributed by atoms with E-state index in [-0.39, 0.29) is 17.7 Å². The first-order chi connectivity index (χ1) is 13.0. The Morgan fingerprint density at radius 2 is 2.11 bits per heavy atom. The number of aliphatic imine (C=N–C) groups is 1. The van der Waals surface area contributed by atoms with Gasteiger partial charge in [0.15, 0.2) is 5.75 Å². The van der Waals surface area contributed by atoms with Gasteiger partial charge in [-0.25, -0.2) is 4.99 Å². The Hall–Kier alpha value is -2.37. The van der Waals surface area contributed by atoms with Crippen LogP contribution in [0.5, 0.6) is 11.5 Å². The van der Waals surface area contributed by atoms with Crippen LogP contribution in [0.4, 0.5) is 5.69 Å². The smallest absolute Gasteiger partial charge is 0.153 e. The van der Waals surface area contributed by atoms with E-state index in [2.05, 4.69) is 10.2 Å². The number of nitrogens with one attached hydrogen (secondary N) is 1. The lowest BCUT2D eigenvalue weighted by atomic mass is 9.95. The van der Waals surface area contributed by atoms with Gasteiger partial charge in [0.05, 0.1) is 5.56 Å². The first kappa shape index (κ1) is 18.0. The van der Waals surface area contributed by atoms with Gasteiger partial charge in [-0.2, -0.15) is 0 Å². The monoisotopic (exact) mass is 383 g/mol. The van der Waals surface area contributed by atoms with Gasteiger partial charge in [0.2, 0.25) is 0 Å². The lowest BCUT2D eigenvalue weighted by molar-refractivity contribution is -0.121. The summed E-state index contributed by atoms with van der Waals surface area (Å²) in [5.74, 6) is 2.42. The van der Waals surface area contributed by atoms with Crippen LogP contribution >= 0.6 is 11.6 Å². The molecule has 5 nitrogen and oxygen atoms in total. The van der Waals surface area contributed by atoms with Crippen LogP contribution in [-0.2, 0) is 4.79 Å². The lowest BCUT2D eigenvalue weighted by Gasteiger charge is -2.37. The third kappa shape index (κ3) is 3.57. The van der Waals surface area contributed by atoms with Crippen molar-refractivity contribution < 1.29 is 9.53 Å². The van der Waals surface area contributed by atoms with E-state index in [4.69, 9.17) is 21.3 Å². The van der Waals surface area contributed by atoms with Gasteiger partial charge < -0.3 is 15.0 Å². The predicted octanol–water partition coefficient (Wildman–Crippen LogP) is 4.02. The Labute approximate surface area is 164 Å². The highest BCUT2D eigenvalue weighted by Gasteiger charge is 2.30. The van der Waals surface area contributed by atoms with Gasteiger partial charge in [-0.05, 0) is 37.3 Å². The van der Waals surface area contributed by atoms with Crippen LogP contribution in [0, 0.1) is 5.92 Å². The molecule has 6 heteroatoms. The molecule has 1 saturated heterocycles. The summed E-state index contributed by atoms with van der Waals surface area (Å²) in [6, 6.07) is 13.4. The van der Waals surface area contributed by atoms with Gasteiger partial charge in [-0.1, -0.05) is 30.7 Å². The molecule has 1 unspecified atom stereocenters. The first-order valence-electron chi connectivity index (χ1n) is 9.17. The molecule has 0 radical (unpaired) electrons. The Balaban J connectivity index is 1.77. The molecule has 2 aromatic carbocycles. The minimum atomic E-state index is -0.0541. The van der Waals surface area contributed by atoms with Crippen molar-refractivity contribution in [1.29, 1.82) is 0 Å². The fraction of sp³-hybridized carbons (Fsp3) is 0.333. The molecule has 2 aliphatic rings. The normalized spacial score (nSPS) is 19.9. The Morgan fingerprint density at radius 1 is 1.30 bits per heavy atom. The standard InChI is InChI=1S/C21H22ClN3O2/c1-13(14(2)26)18-12-25(10-9-23-18)21-16-11-15(22)7-8-19(16)27-20-6-4-3-5-17(20)24-21/h3-8,11,13,18,23H,9-10,12H2,1-2H3/t13-,18?/m1/s1. The van der Waals surface area contributed by atoms with Crippen molar-refractivity contribution in [1.82, 2.24) is 10.2 Å². The zero-order valence-corrected chi connectivity index (χ0v) is 16.2. The molecular weight excluding hydrogens is 362 g/mol. The molecule has 0 aliphatic carbocycles. The van der Waals surface area contributed by atoms with Crippen LogP contribution in [0.2, 0.25) is 5.02 Å². The lowest BCUT2D eigenvalue weighted by Crippen LogP contribution is -2.56. The SMILES string of the molecule is CC(=O)[C@@H](C)C1CN(C2=Nc3ccccc3Oc3ccc(Cl)cc32)CCN1. The Bertz CT molecular complexity index is 912. The summed E-state index contributed by atoms with van der Waals surface area (Å²) in [4.78, 5) is 19.0. The van der Waals surface area contributed by atoms with Gasteiger partial charge in [0.25, 0.3) is 0 Å². The van der Waals surface area contributed by atoms with E-state index in [0.717, 1.165) is 41.7 Å². The fourth-order valence-electron chi connectivity index (χ4n) is 3.52. The summed E-state index contributed by atoms with van der Waals surface area (Å²) in [6.45, 7) is 5.91. The van der Waals surface area contributed by atoms with E-state index in [1.165, 1.54) is 0 Å². The number of ether oxygens (including phenoxy) is 1. The molecule has 27 heavy (non-hydrogen) atoms. The molecule has 2 aromatic rings. The summed E-state index contributed by atoms with van der Waals surface area (Å²) in [7, 11) is 0. The van der Waals surface area contributed by atoms with E-state index >= 15 is 0 Å².